The molecule has 0 aromatic carbocycles. The van der Waals surface area contributed by atoms with Gasteiger partial charge in [-0.25, -0.2) is 4.98 Å². The molecule has 1 N–H and O–H groups in total. The SMILES string of the molecule is CC1CC(C(=O)O)CN(C(=O)c2cc(Br)cnc2N(C)C)C1. The molecule has 1 aliphatic heterocycles. The topological polar surface area (TPSA) is 73.7 Å². The molecule has 0 saturated carbocycles. The number of aromatic nitrogens is 1. The zero-order chi connectivity index (χ0) is 16.4. The number of likely N-dealkylation sites (tertiary alicyclic amines) is 1. The number of halogens is 1. The van der Waals surface area contributed by atoms with Crippen molar-refractivity contribution >= 4 is 33.6 Å². The van der Waals surface area contributed by atoms with E-state index < -0.39 is 11.9 Å². The Morgan fingerprint density at radius 1 is 1.41 bits per heavy atom. The molecule has 0 aliphatic carbocycles. The average Bonchev–Trinajstić information content (AvgIpc) is 2.45. The molecular weight excluding hydrogens is 350 g/mol. The lowest BCUT2D eigenvalue weighted by molar-refractivity contribution is -0.143. The first-order chi connectivity index (χ1) is 10.3. The van der Waals surface area contributed by atoms with Gasteiger partial charge in [-0.15, -0.1) is 0 Å². The molecule has 0 bridgehead atoms. The number of piperidine rings is 1. The Bertz CT molecular complexity index is 591. The minimum absolute atomic E-state index is 0.168. The largest absolute Gasteiger partial charge is 0.481 e. The molecule has 1 fully saturated rings. The highest BCUT2D eigenvalue weighted by molar-refractivity contribution is 9.10. The number of pyridine rings is 1. The fourth-order valence-corrected chi connectivity index (χ4v) is 3.14. The van der Waals surface area contributed by atoms with E-state index in [0.29, 0.717) is 24.3 Å². The summed E-state index contributed by atoms with van der Waals surface area (Å²) >= 11 is 3.34. The van der Waals surface area contributed by atoms with Crippen LogP contribution in [0.2, 0.25) is 0 Å². The molecule has 1 saturated heterocycles. The third-order valence-electron chi connectivity index (χ3n) is 3.78. The Hall–Kier alpha value is -1.63. The van der Waals surface area contributed by atoms with Crippen LogP contribution in [0.3, 0.4) is 0 Å². The molecular formula is C15H20BrN3O3. The fraction of sp³-hybridized carbons (Fsp3) is 0.533. The molecule has 1 aromatic heterocycles. The number of carboxylic acids is 1. The fourth-order valence-electron chi connectivity index (χ4n) is 2.81. The predicted molar refractivity (Wildman–Crippen MR) is 87.1 cm³/mol. The lowest BCUT2D eigenvalue weighted by atomic mass is 9.90. The number of carbonyl (C=O) groups excluding carboxylic acids is 1. The van der Waals surface area contributed by atoms with Crippen LogP contribution in [0, 0.1) is 11.8 Å². The third-order valence-corrected chi connectivity index (χ3v) is 4.22. The van der Waals surface area contributed by atoms with E-state index in [0.717, 1.165) is 4.47 Å². The molecule has 2 unspecified atom stereocenters. The monoisotopic (exact) mass is 369 g/mol. The summed E-state index contributed by atoms with van der Waals surface area (Å²) in [6.45, 7) is 2.79. The van der Waals surface area contributed by atoms with Crippen molar-refractivity contribution in [2.45, 2.75) is 13.3 Å². The minimum atomic E-state index is -0.843. The van der Waals surface area contributed by atoms with Gasteiger partial charge in [-0.2, -0.15) is 0 Å². The maximum atomic E-state index is 12.8. The first kappa shape index (κ1) is 16.7. The van der Waals surface area contributed by atoms with Crippen molar-refractivity contribution in [3.63, 3.8) is 0 Å². The quantitative estimate of drug-likeness (QED) is 0.882. The van der Waals surface area contributed by atoms with Crippen LogP contribution < -0.4 is 4.90 Å². The number of hydrogen-bond donors (Lipinski definition) is 1. The standard InChI is InChI=1S/C15H20BrN3O3/c1-9-4-10(15(21)22)8-19(7-9)14(20)12-5-11(16)6-17-13(12)18(2)3/h5-6,9-10H,4,7-8H2,1-3H3,(H,21,22). The van der Waals surface area contributed by atoms with Gasteiger partial charge in [0.2, 0.25) is 0 Å². The second-order valence-corrected chi connectivity index (χ2v) is 6.92. The highest BCUT2D eigenvalue weighted by Crippen LogP contribution is 2.26. The van der Waals surface area contributed by atoms with E-state index in [1.165, 1.54) is 0 Å². The Balaban J connectivity index is 2.31. The van der Waals surface area contributed by atoms with Crippen molar-refractivity contribution in [1.29, 1.82) is 0 Å². The summed E-state index contributed by atoms with van der Waals surface area (Å²) in [5.41, 5.74) is 0.484. The summed E-state index contributed by atoms with van der Waals surface area (Å²) in [4.78, 5) is 31.8. The molecule has 2 atom stereocenters. The summed E-state index contributed by atoms with van der Waals surface area (Å²) in [5, 5.41) is 9.25. The van der Waals surface area contributed by atoms with E-state index in [9.17, 15) is 14.7 Å². The molecule has 1 aliphatic rings. The number of carboxylic acid groups (broad SMARTS) is 1. The normalized spacial score (nSPS) is 21.5. The molecule has 2 heterocycles. The average molecular weight is 370 g/mol. The van der Waals surface area contributed by atoms with Gasteiger partial charge in [-0.05, 0) is 34.3 Å². The van der Waals surface area contributed by atoms with Gasteiger partial charge in [0.05, 0.1) is 11.5 Å². The molecule has 1 aromatic rings. The summed E-state index contributed by atoms with van der Waals surface area (Å²) in [7, 11) is 3.65. The summed E-state index contributed by atoms with van der Waals surface area (Å²) in [6, 6.07) is 1.74. The lowest BCUT2D eigenvalue weighted by Crippen LogP contribution is -2.45. The highest BCUT2D eigenvalue weighted by atomic mass is 79.9. The van der Waals surface area contributed by atoms with Crippen molar-refractivity contribution in [2.24, 2.45) is 11.8 Å². The molecule has 6 nitrogen and oxygen atoms in total. The lowest BCUT2D eigenvalue weighted by Gasteiger charge is -2.35. The van der Waals surface area contributed by atoms with Gasteiger partial charge in [0.1, 0.15) is 5.82 Å². The van der Waals surface area contributed by atoms with Gasteiger partial charge < -0.3 is 14.9 Å². The van der Waals surface area contributed by atoms with E-state index in [2.05, 4.69) is 20.9 Å². The number of rotatable bonds is 3. The van der Waals surface area contributed by atoms with Crippen LogP contribution in [0.15, 0.2) is 16.7 Å². The van der Waals surface area contributed by atoms with Gasteiger partial charge in [0.25, 0.3) is 5.91 Å². The molecule has 0 spiro atoms. The van der Waals surface area contributed by atoms with E-state index in [4.69, 9.17) is 0 Å². The number of carbonyl (C=O) groups is 2. The van der Waals surface area contributed by atoms with Gasteiger partial charge in [-0.1, -0.05) is 6.92 Å². The van der Waals surface area contributed by atoms with Crippen molar-refractivity contribution in [3.8, 4) is 0 Å². The highest BCUT2D eigenvalue weighted by Gasteiger charge is 2.33. The molecule has 22 heavy (non-hydrogen) atoms. The second-order valence-electron chi connectivity index (χ2n) is 6.01. The summed E-state index contributed by atoms with van der Waals surface area (Å²) in [6.07, 6.45) is 2.25. The predicted octanol–water partition coefficient (Wildman–Crippen LogP) is 2.09. The first-order valence-electron chi connectivity index (χ1n) is 7.14. The third kappa shape index (κ3) is 3.58. The Kier molecular flexibility index (Phi) is 5.05. The molecule has 0 radical (unpaired) electrons. The number of aliphatic carboxylic acids is 1. The maximum absolute atomic E-state index is 12.8. The molecule has 120 valence electrons. The number of hydrogen-bond acceptors (Lipinski definition) is 4. The van der Waals surface area contributed by atoms with Crippen LogP contribution in [-0.2, 0) is 4.79 Å². The Labute approximate surface area is 138 Å². The van der Waals surface area contributed by atoms with Gasteiger partial charge in [0.15, 0.2) is 0 Å². The zero-order valence-electron chi connectivity index (χ0n) is 12.9. The molecule has 1 amide bonds. The van der Waals surface area contributed by atoms with E-state index >= 15 is 0 Å². The maximum Gasteiger partial charge on any atom is 0.308 e. The number of amides is 1. The number of nitrogens with zero attached hydrogens (tertiary/aromatic N) is 3. The second kappa shape index (κ2) is 6.64. The zero-order valence-corrected chi connectivity index (χ0v) is 14.5. The van der Waals surface area contributed by atoms with Crippen LogP contribution in [0.25, 0.3) is 0 Å². The van der Waals surface area contributed by atoms with Crippen molar-refractivity contribution in [2.75, 3.05) is 32.1 Å². The smallest absolute Gasteiger partial charge is 0.308 e. The Morgan fingerprint density at radius 2 is 2.09 bits per heavy atom. The van der Waals surface area contributed by atoms with E-state index in [-0.39, 0.29) is 18.4 Å². The minimum Gasteiger partial charge on any atom is -0.481 e. The van der Waals surface area contributed by atoms with Crippen LogP contribution in [0.1, 0.15) is 23.7 Å². The Morgan fingerprint density at radius 3 is 2.68 bits per heavy atom. The van der Waals surface area contributed by atoms with Crippen molar-refractivity contribution in [3.05, 3.63) is 22.3 Å². The first-order valence-corrected chi connectivity index (χ1v) is 7.93. The van der Waals surface area contributed by atoms with Gasteiger partial charge in [-0.3, -0.25) is 9.59 Å². The van der Waals surface area contributed by atoms with Crippen LogP contribution in [0.5, 0.6) is 0 Å². The van der Waals surface area contributed by atoms with Gasteiger partial charge >= 0.3 is 5.97 Å². The summed E-state index contributed by atoms with van der Waals surface area (Å²) < 4.78 is 0.723. The van der Waals surface area contributed by atoms with Crippen LogP contribution in [0.4, 0.5) is 5.82 Å². The van der Waals surface area contributed by atoms with Crippen molar-refractivity contribution in [1.82, 2.24) is 9.88 Å². The molecule has 2 rings (SSSR count). The van der Waals surface area contributed by atoms with Crippen LogP contribution >= 0.6 is 15.9 Å². The molecule has 7 heteroatoms. The number of anilines is 1. The van der Waals surface area contributed by atoms with Crippen LogP contribution in [-0.4, -0.2) is 54.1 Å². The summed E-state index contributed by atoms with van der Waals surface area (Å²) in [5.74, 6) is -0.768. The van der Waals surface area contributed by atoms with E-state index in [1.807, 2.05) is 21.0 Å². The van der Waals surface area contributed by atoms with E-state index in [1.54, 1.807) is 22.1 Å². The van der Waals surface area contributed by atoms with Gasteiger partial charge in [0, 0.05) is 37.9 Å². The van der Waals surface area contributed by atoms with Crippen molar-refractivity contribution < 1.29 is 14.7 Å².